The monoisotopic (exact) mass is 311 g/mol. The molecule has 0 radical (unpaired) electrons. The Hall–Kier alpha value is -0.670. The Morgan fingerprint density at radius 3 is 2.37 bits per heavy atom. The van der Waals surface area contributed by atoms with Crippen LogP contribution in [0.25, 0.3) is 0 Å². The van der Waals surface area contributed by atoms with Crippen LogP contribution < -0.4 is 5.32 Å². The minimum absolute atomic E-state index is 0. The molecule has 19 heavy (non-hydrogen) atoms. The first-order chi connectivity index (χ1) is 8.83. The van der Waals surface area contributed by atoms with Gasteiger partial charge in [0.2, 0.25) is 0 Å². The van der Waals surface area contributed by atoms with E-state index in [0.717, 1.165) is 11.6 Å². The van der Waals surface area contributed by atoms with Gasteiger partial charge in [-0.05, 0) is 48.9 Å². The summed E-state index contributed by atoms with van der Waals surface area (Å²) < 4.78 is 0. The number of nitrogens with one attached hydrogen (secondary N) is 1. The van der Waals surface area contributed by atoms with Crippen molar-refractivity contribution in [1.82, 2.24) is 5.32 Å². The van der Waals surface area contributed by atoms with E-state index in [1.807, 2.05) is 12.1 Å². The van der Waals surface area contributed by atoms with E-state index in [1.54, 1.807) is 11.8 Å². The lowest BCUT2D eigenvalue weighted by atomic mass is 9.98. The molecule has 1 N–H and O–H groups in total. The van der Waals surface area contributed by atoms with Crippen molar-refractivity contribution in [2.24, 2.45) is 0 Å². The lowest BCUT2D eigenvalue weighted by Crippen LogP contribution is -2.35. The van der Waals surface area contributed by atoms with Crippen LogP contribution in [0.3, 0.4) is 0 Å². The van der Waals surface area contributed by atoms with Gasteiger partial charge < -0.3 is 5.32 Å². The summed E-state index contributed by atoms with van der Waals surface area (Å²) in [7, 11) is 0. The van der Waals surface area contributed by atoms with Crippen LogP contribution in [-0.2, 0) is 0 Å². The lowest BCUT2D eigenvalue weighted by molar-refractivity contribution is 0.378. The fourth-order valence-corrected chi connectivity index (χ4v) is 3.17. The van der Waals surface area contributed by atoms with E-state index in [9.17, 15) is 0 Å². The van der Waals surface area contributed by atoms with E-state index in [-0.39, 0.29) is 12.4 Å². The van der Waals surface area contributed by atoms with Crippen molar-refractivity contribution in [1.29, 1.82) is 0 Å². The molecule has 2 aromatic carbocycles. The maximum atomic E-state index is 5.91. The maximum Gasteiger partial charge on any atom is 0.0406 e. The normalized spacial score (nSPS) is 17.4. The number of hydrogen-bond donors (Lipinski definition) is 1. The topological polar surface area (TPSA) is 12.0 Å². The third-order valence-electron chi connectivity index (χ3n) is 3.16. The van der Waals surface area contributed by atoms with Gasteiger partial charge in [0.1, 0.15) is 0 Å². The summed E-state index contributed by atoms with van der Waals surface area (Å²) >= 11 is 7.71. The lowest BCUT2D eigenvalue weighted by Gasteiger charge is -2.29. The van der Waals surface area contributed by atoms with Crippen molar-refractivity contribution in [2.45, 2.75) is 22.3 Å². The molecule has 0 amide bonds. The molecule has 1 heterocycles. The fourth-order valence-electron chi connectivity index (χ4n) is 2.05. The van der Waals surface area contributed by atoms with Crippen LogP contribution in [0.15, 0.2) is 58.3 Å². The Balaban J connectivity index is 0.00000133. The van der Waals surface area contributed by atoms with Crippen LogP contribution in [0.2, 0.25) is 5.02 Å². The fraction of sp³-hybridized carbons (Fsp3) is 0.200. The summed E-state index contributed by atoms with van der Waals surface area (Å²) in [6.45, 7) is 1.13. The number of benzene rings is 2. The van der Waals surface area contributed by atoms with Crippen LogP contribution in [0.4, 0.5) is 0 Å². The molecule has 0 spiro atoms. The van der Waals surface area contributed by atoms with E-state index in [4.69, 9.17) is 11.6 Å². The quantitative estimate of drug-likeness (QED) is 0.861. The van der Waals surface area contributed by atoms with Gasteiger partial charge in [0.25, 0.3) is 0 Å². The summed E-state index contributed by atoms with van der Waals surface area (Å²) in [5, 5.41) is 4.25. The molecule has 1 fully saturated rings. The molecule has 0 bridgehead atoms. The van der Waals surface area contributed by atoms with Crippen molar-refractivity contribution in [2.75, 3.05) is 6.54 Å². The summed E-state index contributed by atoms with van der Waals surface area (Å²) in [4.78, 5) is 2.56. The third-order valence-corrected chi connectivity index (χ3v) is 4.51. The molecule has 0 aliphatic carbocycles. The van der Waals surface area contributed by atoms with Gasteiger partial charge in [-0.3, -0.25) is 0 Å². The van der Waals surface area contributed by atoms with Gasteiger partial charge in [-0.15, -0.1) is 12.4 Å². The highest BCUT2D eigenvalue weighted by Gasteiger charge is 2.21. The van der Waals surface area contributed by atoms with Gasteiger partial charge in [-0.2, -0.15) is 0 Å². The highest BCUT2D eigenvalue weighted by Crippen LogP contribution is 2.36. The molecule has 0 saturated carbocycles. The second-order valence-corrected chi connectivity index (χ2v) is 5.94. The zero-order chi connectivity index (χ0) is 12.4. The first-order valence-electron chi connectivity index (χ1n) is 6.09. The average molecular weight is 312 g/mol. The highest BCUT2D eigenvalue weighted by molar-refractivity contribution is 7.99. The summed E-state index contributed by atoms with van der Waals surface area (Å²) in [5.41, 5.74) is 1.41. The van der Waals surface area contributed by atoms with Crippen LogP contribution in [-0.4, -0.2) is 6.54 Å². The molecule has 2 aromatic rings. The van der Waals surface area contributed by atoms with Crippen molar-refractivity contribution in [3.05, 3.63) is 59.1 Å². The van der Waals surface area contributed by atoms with Gasteiger partial charge in [0.15, 0.2) is 0 Å². The van der Waals surface area contributed by atoms with Crippen LogP contribution in [0.5, 0.6) is 0 Å². The molecule has 1 aliphatic rings. The van der Waals surface area contributed by atoms with E-state index >= 15 is 0 Å². The first-order valence-corrected chi connectivity index (χ1v) is 7.28. The van der Waals surface area contributed by atoms with E-state index < -0.39 is 0 Å². The Morgan fingerprint density at radius 2 is 1.74 bits per heavy atom. The van der Waals surface area contributed by atoms with E-state index in [1.165, 1.54) is 21.8 Å². The van der Waals surface area contributed by atoms with Crippen LogP contribution in [0.1, 0.15) is 18.0 Å². The predicted molar refractivity (Wildman–Crippen MR) is 84.6 cm³/mol. The van der Waals surface area contributed by atoms with Gasteiger partial charge in [0.05, 0.1) is 0 Å². The molecule has 3 rings (SSSR count). The standard InChI is InChI=1S/C15H14ClNS.ClH/c16-11-5-7-12(8-6-11)18-15-4-2-1-3-13(15)14-9-10-17-14;/h1-8,14,17H,9-10H2;1H/t14-;/m0./s1. The summed E-state index contributed by atoms with van der Waals surface area (Å²) in [5.74, 6) is 0. The minimum Gasteiger partial charge on any atom is -0.310 e. The molecule has 1 atom stereocenters. The molecule has 0 aromatic heterocycles. The Bertz CT molecular complexity index is 538. The van der Waals surface area contributed by atoms with Crippen LogP contribution >= 0.6 is 35.8 Å². The molecule has 1 nitrogen and oxygen atoms in total. The zero-order valence-corrected chi connectivity index (χ0v) is 12.7. The average Bonchev–Trinajstić information content (AvgIpc) is 2.32. The third kappa shape index (κ3) is 3.46. The Labute approximate surface area is 129 Å². The molecule has 0 unspecified atom stereocenters. The zero-order valence-electron chi connectivity index (χ0n) is 10.3. The Kier molecular flexibility index (Phi) is 5.17. The van der Waals surface area contributed by atoms with Crippen molar-refractivity contribution < 1.29 is 0 Å². The molecule has 100 valence electrons. The van der Waals surface area contributed by atoms with Gasteiger partial charge in [-0.25, -0.2) is 0 Å². The smallest absolute Gasteiger partial charge is 0.0406 e. The van der Waals surface area contributed by atoms with E-state index in [0.29, 0.717) is 6.04 Å². The van der Waals surface area contributed by atoms with Crippen LogP contribution in [0, 0.1) is 0 Å². The SMILES string of the molecule is Cl.Clc1ccc(Sc2ccccc2[C@@H]2CCN2)cc1. The van der Waals surface area contributed by atoms with Gasteiger partial charge in [0, 0.05) is 20.9 Å². The number of hydrogen-bond acceptors (Lipinski definition) is 2. The maximum absolute atomic E-state index is 5.91. The molecular weight excluding hydrogens is 297 g/mol. The summed E-state index contributed by atoms with van der Waals surface area (Å²) in [6.07, 6.45) is 1.23. The summed E-state index contributed by atoms with van der Waals surface area (Å²) in [6, 6.07) is 17.2. The minimum atomic E-state index is 0. The largest absolute Gasteiger partial charge is 0.310 e. The molecule has 1 aliphatic heterocycles. The second kappa shape index (κ2) is 6.67. The highest BCUT2D eigenvalue weighted by atomic mass is 35.5. The molecule has 4 heteroatoms. The van der Waals surface area contributed by atoms with Crippen molar-refractivity contribution >= 4 is 35.8 Å². The van der Waals surface area contributed by atoms with Gasteiger partial charge >= 0.3 is 0 Å². The number of halogens is 2. The molecule has 1 saturated heterocycles. The number of rotatable bonds is 3. The Morgan fingerprint density at radius 1 is 1.05 bits per heavy atom. The van der Waals surface area contributed by atoms with Gasteiger partial charge in [-0.1, -0.05) is 41.6 Å². The first kappa shape index (κ1) is 14.7. The van der Waals surface area contributed by atoms with Crippen molar-refractivity contribution in [3.63, 3.8) is 0 Å². The van der Waals surface area contributed by atoms with E-state index in [2.05, 4.69) is 41.7 Å². The second-order valence-electron chi connectivity index (χ2n) is 4.39. The predicted octanol–water partition coefficient (Wildman–Crippen LogP) is 4.95. The van der Waals surface area contributed by atoms with Crippen molar-refractivity contribution in [3.8, 4) is 0 Å². The molecular formula is C15H15Cl2NS.